The van der Waals surface area contributed by atoms with Crippen LogP contribution < -0.4 is 19.7 Å². The largest absolute Gasteiger partial charge is 0.484 e. The van der Waals surface area contributed by atoms with E-state index in [1.165, 1.54) is 19.3 Å². The van der Waals surface area contributed by atoms with E-state index >= 15 is 0 Å². The molecule has 1 aromatic carbocycles. The molecule has 3 rings (SSSR count). The lowest BCUT2D eigenvalue weighted by molar-refractivity contribution is -0.123. The monoisotopic (exact) mass is 404 g/mol. The first kappa shape index (κ1) is 20.2. The first-order chi connectivity index (χ1) is 13.6. The summed E-state index contributed by atoms with van der Waals surface area (Å²) in [5.41, 5.74) is 0. The van der Waals surface area contributed by atoms with Crippen LogP contribution in [0.25, 0.3) is 0 Å². The molecule has 1 aromatic heterocycles. The zero-order valence-electron chi connectivity index (χ0n) is 16.0. The van der Waals surface area contributed by atoms with E-state index in [4.69, 9.17) is 21.1 Å². The highest BCUT2D eigenvalue weighted by Gasteiger charge is 2.14. The van der Waals surface area contributed by atoms with Gasteiger partial charge in [0.15, 0.2) is 6.61 Å². The van der Waals surface area contributed by atoms with Crippen molar-refractivity contribution in [2.75, 3.05) is 37.7 Å². The molecule has 1 N–H and O–H groups in total. The SMILES string of the molecule is Cc1nc(OCCNC(=O)COc2cccc(Cl)c2)cc(N2CCCCC2)n1. The highest BCUT2D eigenvalue weighted by atomic mass is 35.5. The van der Waals surface area contributed by atoms with E-state index in [9.17, 15) is 4.79 Å². The number of amides is 1. The van der Waals surface area contributed by atoms with Gasteiger partial charge in [0.05, 0.1) is 6.54 Å². The van der Waals surface area contributed by atoms with Gasteiger partial charge in [0.1, 0.15) is 24.0 Å². The van der Waals surface area contributed by atoms with Crippen molar-refractivity contribution >= 4 is 23.3 Å². The topological polar surface area (TPSA) is 76.6 Å². The second-order valence-electron chi connectivity index (χ2n) is 6.60. The fourth-order valence-corrected chi connectivity index (χ4v) is 3.17. The normalized spacial score (nSPS) is 13.9. The molecule has 1 aliphatic heterocycles. The summed E-state index contributed by atoms with van der Waals surface area (Å²) in [6.07, 6.45) is 3.63. The van der Waals surface area contributed by atoms with E-state index in [1.54, 1.807) is 24.3 Å². The summed E-state index contributed by atoms with van der Waals surface area (Å²) in [5.74, 6) is 2.44. The van der Waals surface area contributed by atoms with Crippen LogP contribution in [0.2, 0.25) is 5.02 Å². The quantitative estimate of drug-likeness (QED) is 0.681. The van der Waals surface area contributed by atoms with Crippen LogP contribution in [-0.2, 0) is 4.79 Å². The molecule has 1 fully saturated rings. The molecule has 0 spiro atoms. The molecule has 0 saturated carbocycles. The third-order valence-corrected chi connectivity index (χ3v) is 4.56. The number of piperidine rings is 1. The van der Waals surface area contributed by atoms with E-state index < -0.39 is 0 Å². The van der Waals surface area contributed by atoms with Gasteiger partial charge in [-0.2, -0.15) is 4.98 Å². The molecule has 1 amide bonds. The fourth-order valence-electron chi connectivity index (χ4n) is 2.99. The maximum absolute atomic E-state index is 11.9. The molecule has 0 aliphatic carbocycles. The van der Waals surface area contributed by atoms with Crippen molar-refractivity contribution in [3.63, 3.8) is 0 Å². The Kier molecular flexibility index (Phi) is 7.31. The molecule has 8 heteroatoms. The molecule has 0 radical (unpaired) electrons. The molecule has 0 bridgehead atoms. The third-order valence-electron chi connectivity index (χ3n) is 4.32. The van der Waals surface area contributed by atoms with Crippen molar-refractivity contribution in [2.24, 2.45) is 0 Å². The minimum Gasteiger partial charge on any atom is -0.484 e. The Morgan fingerprint density at radius 2 is 2.00 bits per heavy atom. The number of carbonyl (C=O) groups excluding carboxylic acids is 1. The van der Waals surface area contributed by atoms with Crippen molar-refractivity contribution in [3.05, 3.63) is 41.2 Å². The van der Waals surface area contributed by atoms with Crippen molar-refractivity contribution in [3.8, 4) is 11.6 Å². The molecule has 150 valence electrons. The minimum atomic E-state index is -0.226. The average molecular weight is 405 g/mol. The Morgan fingerprint density at radius 1 is 1.18 bits per heavy atom. The number of nitrogens with zero attached hydrogens (tertiary/aromatic N) is 3. The Bertz CT molecular complexity index is 797. The van der Waals surface area contributed by atoms with Crippen LogP contribution >= 0.6 is 11.6 Å². The lowest BCUT2D eigenvalue weighted by Crippen LogP contribution is -2.32. The van der Waals surface area contributed by atoms with E-state index in [0.717, 1.165) is 18.9 Å². The molecule has 2 heterocycles. The maximum Gasteiger partial charge on any atom is 0.258 e. The number of benzene rings is 1. The van der Waals surface area contributed by atoms with Gasteiger partial charge in [-0.1, -0.05) is 17.7 Å². The molecule has 0 unspecified atom stereocenters. The highest BCUT2D eigenvalue weighted by molar-refractivity contribution is 6.30. The molecule has 0 atom stereocenters. The molecule has 2 aromatic rings. The second kappa shape index (κ2) is 10.1. The smallest absolute Gasteiger partial charge is 0.258 e. The van der Waals surface area contributed by atoms with Crippen molar-refractivity contribution in [1.29, 1.82) is 0 Å². The van der Waals surface area contributed by atoms with Crippen molar-refractivity contribution < 1.29 is 14.3 Å². The Balaban J connectivity index is 1.41. The number of rotatable bonds is 8. The van der Waals surface area contributed by atoms with Crippen LogP contribution in [0.4, 0.5) is 5.82 Å². The number of hydrogen-bond acceptors (Lipinski definition) is 6. The number of ether oxygens (including phenoxy) is 2. The molecule has 7 nitrogen and oxygen atoms in total. The zero-order chi connectivity index (χ0) is 19.8. The van der Waals surface area contributed by atoms with Crippen molar-refractivity contribution in [1.82, 2.24) is 15.3 Å². The van der Waals surface area contributed by atoms with Crippen LogP contribution in [-0.4, -0.2) is 48.7 Å². The first-order valence-electron chi connectivity index (χ1n) is 9.49. The summed E-state index contributed by atoms with van der Waals surface area (Å²) in [6, 6.07) is 8.79. The number of aryl methyl sites for hydroxylation is 1. The first-order valence-corrected chi connectivity index (χ1v) is 9.86. The molecule has 1 saturated heterocycles. The van der Waals surface area contributed by atoms with E-state index in [-0.39, 0.29) is 12.5 Å². The average Bonchev–Trinajstić information content (AvgIpc) is 2.70. The summed E-state index contributed by atoms with van der Waals surface area (Å²) in [4.78, 5) is 23.0. The van der Waals surface area contributed by atoms with E-state index in [1.807, 2.05) is 13.0 Å². The van der Waals surface area contributed by atoms with Crippen LogP contribution in [0, 0.1) is 6.92 Å². The summed E-state index contributed by atoms with van der Waals surface area (Å²) >= 11 is 5.88. The second-order valence-corrected chi connectivity index (χ2v) is 7.04. The number of nitrogens with one attached hydrogen (secondary N) is 1. The van der Waals surface area contributed by atoms with Crippen LogP contribution in [0.15, 0.2) is 30.3 Å². The Labute approximate surface area is 170 Å². The van der Waals surface area contributed by atoms with Gasteiger partial charge in [0, 0.05) is 24.2 Å². The standard InChI is InChI=1S/C20H25ClN4O3/c1-15-23-18(25-9-3-2-4-10-25)13-20(24-15)27-11-8-22-19(26)14-28-17-7-5-6-16(21)12-17/h5-7,12-13H,2-4,8-11,14H2,1H3,(H,22,26). The third kappa shape index (κ3) is 6.27. The van der Waals surface area contributed by atoms with Crippen LogP contribution in [0.1, 0.15) is 25.1 Å². The maximum atomic E-state index is 11.9. The van der Waals surface area contributed by atoms with Gasteiger partial charge < -0.3 is 19.7 Å². The molecule has 1 aliphatic rings. The van der Waals surface area contributed by atoms with E-state index in [0.29, 0.717) is 35.6 Å². The van der Waals surface area contributed by atoms with Crippen LogP contribution in [0.3, 0.4) is 0 Å². The Morgan fingerprint density at radius 3 is 2.79 bits per heavy atom. The highest BCUT2D eigenvalue weighted by Crippen LogP contribution is 2.21. The number of carbonyl (C=O) groups is 1. The zero-order valence-corrected chi connectivity index (χ0v) is 16.7. The summed E-state index contributed by atoms with van der Waals surface area (Å²) in [5, 5.41) is 3.32. The lowest BCUT2D eigenvalue weighted by Gasteiger charge is -2.28. The number of hydrogen-bond donors (Lipinski definition) is 1. The van der Waals surface area contributed by atoms with Crippen LogP contribution in [0.5, 0.6) is 11.6 Å². The summed E-state index contributed by atoms with van der Waals surface area (Å²) in [6.45, 7) is 4.48. The van der Waals surface area contributed by atoms with Gasteiger partial charge >= 0.3 is 0 Å². The fraction of sp³-hybridized carbons (Fsp3) is 0.450. The summed E-state index contributed by atoms with van der Waals surface area (Å²) < 4.78 is 11.1. The summed E-state index contributed by atoms with van der Waals surface area (Å²) in [7, 11) is 0. The minimum absolute atomic E-state index is 0.0773. The van der Waals surface area contributed by atoms with E-state index in [2.05, 4.69) is 20.2 Å². The predicted octanol–water partition coefficient (Wildman–Crippen LogP) is 3.00. The Hall–Kier alpha value is -2.54. The van der Waals surface area contributed by atoms with Gasteiger partial charge in [0.2, 0.25) is 5.88 Å². The number of halogens is 1. The molecular weight excluding hydrogens is 380 g/mol. The predicted molar refractivity (Wildman–Crippen MR) is 108 cm³/mol. The van der Waals surface area contributed by atoms with Gasteiger partial charge in [-0.05, 0) is 44.4 Å². The lowest BCUT2D eigenvalue weighted by atomic mass is 10.1. The van der Waals surface area contributed by atoms with Gasteiger partial charge in [0.25, 0.3) is 5.91 Å². The van der Waals surface area contributed by atoms with Gasteiger partial charge in [-0.25, -0.2) is 4.98 Å². The van der Waals surface area contributed by atoms with Gasteiger partial charge in [-0.3, -0.25) is 4.79 Å². The molecule has 28 heavy (non-hydrogen) atoms. The molecular formula is C20H25ClN4O3. The number of aromatic nitrogens is 2. The number of anilines is 1. The van der Waals surface area contributed by atoms with Crippen molar-refractivity contribution in [2.45, 2.75) is 26.2 Å². The van der Waals surface area contributed by atoms with Gasteiger partial charge in [-0.15, -0.1) is 0 Å².